The van der Waals surface area contributed by atoms with Gasteiger partial charge in [-0.1, -0.05) is 30.3 Å². The Bertz CT molecular complexity index is 686. The molecule has 0 saturated carbocycles. The molecule has 0 aliphatic rings. The Morgan fingerprint density at radius 1 is 1.04 bits per heavy atom. The van der Waals surface area contributed by atoms with E-state index in [4.69, 9.17) is 14.2 Å². The van der Waals surface area contributed by atoms with Crippen LogP contribution < -0.4 is 38.4 Å². The van der Waals surface area contributed by atoms with E-state index in [-0.39, 0.29) is 34.4 Å². The summed E-state index contributed by atoms with van der Waals surface area (Å²) >= 11 is 3.41. The van der Waals surface area contributed by atoms with Crippen LogP contribution in [0.25, 0.3) is 0 Å². The number of halogens is 1. The third-order valence-electron chi connectivity index (χ3n) is 3.04. The summed E-state index contributed by atoms with van der Waals surface area (Å²) in [6.45, 7) is 0. The number of benzene rings is 2. The van der Waals surface area contributed by atoms with Crippen LogP contribution in [-0.4, -0.2) is 26.9 Å². The number of methoxy groups -OCH3 is 3. The molecule has 7 heteroatoms. The molecule has 1 atom stereocenters. The Morgan fingerprint density at radius 2 is 1.65 bits per heavy atom. The fraction of sp³-hybridized carbons (Fsp3) is 0.188. The summed E-state index contributed by atoms with van der Waals surface area (Å²) in [5.41, 5.74) is 0.318. The third kappa shape index (κ3) is 4.52. The minimum absolute atomic E-state index is 0. The summed E-state index contributed by atoms with van der Waals surface area (Å²) in [6, 6.07) is 11.3. The van der Waals surface area contributed by atoms with Crippen molar-refractivity contribution in [3.8, 4) is 17.2 Å². The molecule has 0 bridgehead atoms. The van der Waals surface area contributed by atoms with E-state index >= 15 is 0 Å². The number of carbonyl (C=O) groups excluding carboxylic acids is 1. The van der Waals surface area contributed by atoms with Crippen molar-refractivity contribution in [1.29, 1.82) is 0 Å². The second kappa shape index (κ2) is 9.35. The van der Waals surface area contributed by atoms with Gasteiger partial charge in [0, 0.05) is 6.07 Å². The second-order valence-electron chi connectivity index (χ2n) is 4.32. The van der Waals surface area contributed by atoms with Crippen LogP contribution >= 0.6 is 24.5 Å². The smallest absolute Gasteiger partial charge is 1.00 e. The van der Waals surface area contributed by atoms with E-state index in [0.717, 1.165) is 5.30 Å². The van der Waals surface area contributed by atoms with Crippen molar-refractivity contribution in [1.82, 2.24) is 0 Å². The number of hydrogen-bond donors (Lipinski definition) is 0. The van der Waals surface area contributed by atoms with E-state index in [1.165, 1.54) is 21.3 Å². The maximum Gasteiger partial charge on any atom is 1.00 e. The fourth-order valence-corrected chi connectivity index (χ4v) is 3.61. The molecule has 2 rings (SSSR count). The van der Waals surface area contributed by atoms with Crippen molar-refractivity contribution in [2.75, 3.05) is 21.3 Å². The van der Waals surface area contributed by atoms with Gasteiger partial charge in [0.15, 0.2) is 17.0 Å². The predicted molar refractivity (Wildman–Crippen MR) is 93.6 cm³/mol. The normalized spacial score (nSPS) is 10.3. The van der Waals surface area contributed by atoms with Crippen molar-refractivity contribution >= 4 is 35.3 Å². The molecule has 0 saturated heterocycles. The van der Waals surface area contributed by atoms with E-state index in [9.17, 15) is 4.79 Å². The Kier molecular flexibility index (Phi) is 8.15. The van der Waals surface area contributed by atoms with Crippen LogP contribution in [0.5, 0.6) is 17.2 Å². The summed E-state index contributed by atoms with van der Waals surface area (Å²) in [6.07, 6.45) is 0. The first-order valence-electron chi connectivity index (χ1n) is 6.47. The summed E-state index contributed by atoms with van der Waals surface area (Å²) < 4.78 is 16.7. The molecule has 0 fully saturated rings. The topological polar surface area (TPSA) is 44.8 Å². The number of hydrogen-bond acceptors (Lipinski definition) is 4. The molecule has 0 amide bonds. The first kappa shape index (κ1) is 20.1. The van der Waals surface area contributed by atoms with Gasteiger partial charge in [-0.15, -0.1) is 0 Å². The van der Waals surface area contributed by atoms with Crippen LogP contribution in [0, 0.1) is 0 Å². The zero-order valence-corrected chi connectivity index (χ0v) is 16.1. The SMILES string of the molecule is COc1cc(Br)c(OC)c(C(=O)Pc2ccccc2)c1OC.[H-].[Li+]. The standard InChI is InChI=1S/C16H16BrO4P.Li.H/c1-19-12-9-11(17)14(20-2)13(15(12)21-3)16(18)22-10-7-5-4-6-8-10;;/h4-9,22H,1-3H3;;/q;+1;-1. The van der Waals surface area contributed by atoms with Gasteiger partial charge >= 0.3 is 18.9 Å². The Morgan fingerprint density at radius 3 is 2.17 bits per heavy atom. The molecule has 2 aromatic carbocycles. The zero-order valence-electron chi connectivity index (χ0n) is 14.5. The molecule has 118 valence electrons. The molecule has 0 N–H and O–H groups in total. The summed E-state index contributed by atoms with van der Waals surface area (Å²) in [5, 5.41) is 0.954. The molecule has 4 nitrogen and oxygen atoms in total. The van der Waals surface area contributed by atoms with Gasteiger partial charge in [0.25, 0.3) is 0 Å². The minimum atomic E-state index is -0.0699. The number of carbonyl (C=O) groups is 1. The minimum Gasteiger partial charge on any atom is -1.00 e. The fourth-order valence-electron chi connectivity index (χ4n) is 2.07. The maximum absolute atomic E-state index is 12.8. The first-order chi connectivity index (χ1) is 10.6. The Hall–Kier alpha value is -0.983. The van der Waals surface area contributed by atoms with E-state index in [0.29, 0.717) is 27.3 Å². The van der Waals surface area contributed by atoms with Crippen LogP contribution in [0.4, 0.5) is 0 Å². The van der Waals surface area contributed by atoms with Gasteiger partial charge in [0.05, 0.1) is 25.8 Å². The molecule has 0 aliphatic carbocycles. The molecule has 1 unspecified atom stereocenters. The first-order valence-corrected chi connectivity index (χ1v) is 8.26. The average Bonchev–Trinajstić information content (AvgIpc) is 2.54. The van der Waals surface area contributed by atoms with Gasteiger partial charge < -0.3 is 15.6 Å². The summed E-state index contributed by atoms with van der Waals surface area (Å²) in [4.78, 5) is 12.8. The monoisotopic (exact) mass is 390 g/mol. The Balaban J connectivity index is 0.00000264. The van der Waals surface area contributed by atoms with Crippen LogP contribution in [0.1, 0.15) is 11.8 Å². The molecular weight excluding hydrogens is 374 g/mol. The van der Waals surface area contributed by atoms with E-state index < -0.39 is 0 Å². The van der Waals surface area contributed by atoms with Crippen LogP contribution in [0.15, 0.2) is 40.9 Å². The zero-order chi connectivity index (χ0) is 16.1. The quantitative estimate of drug-likeness (QED) is 0.539. The van der Waals surface area contributed by atoms with Gasteiger partial charge in [0.1, 0.15) is 11.3 Å². The van der Waals surface area contributed by atoms with Crippen LogP contribution in [0.2, 0.25) is 0 Å². The van der Waals surface area contributed by atoms with Gasteiger partial charge in [-0.3, -0.25) is 4.79 Å². The predicted octanol–water partition coefficient (Wildman–Crippen LogP) is 0.736. The molecule has 0 spiro atoms. The van der Waals surface area contributed by atoms with Crippen molar-refractivity contribution in [2.45, 2.75) is 0 Å². The van der Waals surface area contributed by atoms with Gasteiger partial charge in [-0.05, 0) is 29.8 Å². The molecule has 0 radical (unpaired) electrons. The van der Waals surface area contributed by atoms with Gasteiger partial charge in [-0.25, -0.2) is 0 Å². The van der Waals surface area contributed by atoms with Gasteiger partial charge in [-0.2, -0.15) is 0 Å². The van der Waals surface area contributed by atoms with Gasteiger partial charge in [0.2, 0.25) is 0 Å². The molecule has 0 aliphatic heterocycles. The molecule has 0 heterocycles. The van der Waals surface area contributed by atoms with E-state index in [1.807, 2.05) is 30.3 Å². The second-order valence-corrected chi connectivity index (χ2v) is 6.46. The third-order valence-corrected chi connectivity index (χ3v) is 4.73. The van der Waals surface area contributed by atoms with Crippen molar-refractivity contribution in [2.24, 2.45) is 0 Å². The van der Waals surface area contributed by atoms with E-state index in [2.05, 4.69) is 15.9 Å². The summed E-state index contributed by atoms with van der Waals surface area (Å²) in [5.74, 6) is 1.32. The van der Waals surface area contributed by atoms with Crippen LogP contribution in [-0.2, 0) is 0 Å². The largest absolute Gasteiger partial charge is 1.00 e. The molecule has 0 aromatic heterocycles. The van der Waals surface area contributed by atoms with Crippen molar-refractivity contribution in [3.63, 3.8) is 0 Å². The Labute approximate surface area is 159 Å². The summed E-state index contributed by atoms with van der Waals surface area (Å²) in [7, 11) is 4.54. The van der Waals surface area contributed by atoms with Crippen LogP contribution in [0.3, 0.4) is 0 Å². The van der Waals surface area contributed by atoms with Crippen molar-refractivity contribution in [3.05, 3.63) is 46.4 Å². The molecule has 23 heavy (non-hydrogen) atoms. The molecule has 2 aromatic rings. The number of ether oxygens (including phenoxy) is 3. The number of rotatable bonds is 6. The average molecular weight is 391 g/mol. The molecular formula is C16H17BrLiO4P. The maximum atomic E-state index is 12.8. The van der Waals surface area contributed by atoms with E-state index in [1.54, 1.807) is 6.07 Å². The van der Waals surface area contributed by atoms with Crippen molar-refractivity contribution < 1.29 is 39.3 Å².